The molecule has 0 aliphatic carbocycles. The average molecular weight is 341 g/mol. The van der Waals surface area contributed by atoms with Crippen LogP contribution in [0.2, 0.25) is 5.02 Å². The number of halogens is 1. The Morgan fingerprint density at radius 3 is 2.50 bits per heavy atom. The number of ether oxygens (including phenoxy) is 1. The van der Waals surface area contributed by atoms with Crippen molar-refractivity contribution in [3.05, 3.63) is 65.3 Å². The van der Waals surface area contributed by atoms with E-state index in [1.807, 2.05) is 43.3 Å². The highest BCUT2D eigenvalue weighted by Gasteiger charge is 2.08. The molecule has 0 bridgehead atoms. The molecule has 0 radical (unpaired) electrons. The van der Waals surface area contributed by atoms with E-state index in [2.05, 4.69) is 20.6 Å². The van der Waals surface area contributed by atoms with Crippen molar-refractivity contribution in [1.82, 2.24) is 9.97 Å². The van der Waals surface area contributed by atoms with Crippen molar-refractivity contribution in [2.75, 3.05) is 17.7 Å². The van der Waals surface area contributed by atoms with Crippen LogP contribution in [0.25, 0.3) is 0 Å². The van der Waals surface area contributed by atoms with Crippen LogP contribution >= 0.6 is 11.6 Å². The fraction of sp³-hybridized carbons (Fsp3) is 0.111. The summed E-state index contributed by atoms with van der Waals surface area (Å²) in [4.78, 5) is 8.91. The quantitative estimate of drug-likeness (QED) is 0.689. The van der Waals surface area contributed by atoms with E-state index in [4.69, 9.17) is 16.3 Å². The highest BCUT2D eigenvalue weighted by molar-refractivity contribution is 6.31. The molecule has 2 aromatic carbocycles. The second kappa shape index (κ2) is 7.19. The van der Waals surface area contributed by atoms with Crippen molar-refractivity contribution >= 4 is 34.7 Å². The minimum absolute atomic E-state index is 0.467. The highest BCUT2D eigenvalue weighted by Crippen LogP contribution is 2.30. The second-order valence-corrected chi connectivity index (χ2v) is 5.62. The van der Waals surface area contributed by atoms with Crippen LogP contribution in [0, 0.1) is 6.92 Å². The van der Waals surface area contributed by atoms with Gasteiger partial charge in [0.15, 0.2) is 0 Å². The Morgan fingerprint density at radius 1 is 0.958 bits per heavy atom. The van der Waals surface area contributed by atoms with Gasteiger partial charge in [-0.15, -0.1) is 0 Å². The number of hydrogen-bond acceptors (Lipinski definition) is 5. The molecule has 1 aromatic heterocycles. The smallest absolute Gasteiger partial charge is 0.229 e. The van der Waals surface area contributed by atoms with E-state index in [0.717, 1.165) is 11.4 Å². The Labute approximate surface area is 145 Å². The van der Waals surface area contributed by atoms with E-state index in [1.165, 1.54) is 0 Å². The molecule has 0 fully saturated rings. The summed E-state index contributed by atoms with van der Waals surface area (Å²) >= 11 is 6.06. The molecule has 5 nitrogen and oxygen atoms in total. The van der Waals surface area contributed by atoms with Gasteiger partial charge in [0, 0.05) is 22.5 Å². The lowest BCUT2D eigenvalue weighted by molar-refractivity contribution is 0.417. The Kier molecular flexibility index (Phi) is 4.82. The van der Waals surface area contributed by atoms with Gasteiger partial charge in [-0.2, -0.15) is 4.98 Å². The van der Waals surface area contributed by atoms with Crippen LogP contribution in [0.3, 0.4) is 0 Å². The van der Waals surface area contributed by atoms with Gasteiger partial charge < -0.3 is 15.4 Å². The third kappa shape index (κ3) is 3.94. The van der Waals surface area contributed by atoms with Gasteiger partial charge in [-0.25, -0.2) is 4.98 Å². The lowest BCUT2D eigenvalue weighted by Gasteiger charge is -2.12. The van der Waals surface area contributed by atoms with Gasteiger partial charge in [-0.1, -0.05) is 29.8 Å². The van der Waals surface area contributed by atoms with E-state index in [0.29, 0.717) is 28.2 Å². The summed E-state index contributed by atoms with van der Waals surface area (Å²) in [5.74, 6) is 1.84. The summed E-state index contributed by atoms with van der Waals surface area (Å²) in [5, 5.41) is 7.03. The summed E-state index contributed by atoms with van der Waals surface area (Å²) < 4.78 is 5.34. The highest BCUT2D eigenvalue weighted by atomic mass is 35.5. The van der Waals surface area contributed by atoms with Crippen LogP contribution in [0.4, 0.5) is 23.1 Å². The van der Waals surface area contributed by atoms with Crippen molar-refractivity contribution in [3.63, 3.8) is 0 Å². The molecule has 0 amide bonds. The predicted octanol–water partition coefficient (Wildman–Crippen LogP) is 4.93. The molecule has 1 heterocycles. The third-order valence-corrected chi connectivity index (χ3v) is 3.54. The summed E-state index contributed by atoms with van der Waals surface area (Å²) in [7, 11) is 1.61. The molecule has 0 atom stereocenters. The number of aromatic nitrogens is 2. The Bertz CT molecular complexity index is 840. The summed E-state index contributed by atoms with van der Waals surface area (Å²) in [6.07, 6.45) is 0. The van der Waals surface area contributed by atoms with E-state index in [-0.39, 0.29) is 0 Å². The van der Waals surface area contributed by atoms with Gasteiger partial charge in [0.1, 0.15) is 11.6 Å². The van der Waals surface area contributed by atoms with Gasteiger partial charge in [-0.3, -0.25) is 0 Å². The number of rotatable bonds is 5. The summed E-state index contributed by atoms with van der Waals surface area (Å²) in [5.41, 5.74) is 2.51. The summed E-state index contributed by atoms with van der Waals surface area (Å²) in [6, 6.07) is 17.1. The van der Waals surface area contributed by atoms with E-state index in [9.17, 15) is 0 Å². The van der Waals surface area contributed by atoms with Crippen molar-refractivity contribution in [3.8, 4) is 5.75 Å². The molecule has 3 rings (SSSR count). The maximum Gasteiger partial charge on any atom is 0.229 e. The third-order valence-electron chi connectivity index (χ3n) is 3.31. The number of methoxy groups -OCH3 is 1. The zero-order chi connectivity index (χ0) is 16.9. The lowest BCUT2D eigenvalue weighted by atomic mass is 10.3. The van der Waals surface area contributed by atoms with Crippen molar-refractivity contribution in [1.29, 1.82) is 0 Å². The molecule has 0 aliphatic rings. The Hall–Kier alpha value is -2.79. The fourth-order valence-corrected chi connectivity index (χ4v) is 2.43. The van der Waals surface area contributed by atoms with Crippen LogP contribution in [0.1, 0.15) is 5.69 Å². The molecule has 24 heavy (non-hydrogen) atoms. The number of anilines is 4. The van der Waals surface area contributed by atoms with Crippen LogP contribution in [-0.4, -0.2) is 17.1 Å². The molecule has 3 aromatic rings. The molecular weight excluding hydrogens is 324 g/mol. The normalized spacial score (nSPS) is 10.3. The van der Waals surface area contributed by atoms with Crippen molar-refractivity contribution in [2.45, 2.75) is 6.92 Å². The van der Waals surface area contributed by atoms with Gasteiger partial charge in [0.25, 0.3) is 0 Å². The first-order valence-electron chi connectivity index (χ1n) is 7.42. The van der Waals surface area contributed by atoms with Gasteiger partial charge in [0.05, 0.1) is 12.8 Å². The minimum Gasteiger partial charge on any atom is -0.495 e. The average Bonchev–Trinajstić information content (AvgIpc) is 2.55. The Morgan fingerprint density at radius 2 is 1.75 bits per heavy atom. The van der Waals surface area contributed by atoms with Crippen LogP contribution in [0.5, 0.6) is 5.75 Å². The minimum atomic E-state index is 0.467. The number of aryl methyl sites for hydroxylation is 1. The van der Waals surface area contributed by atoms with E-state index in [1.54, 1.807) is 25.3 Å². The first kappa shape index (κ1) is 16.1. The molecule has 2 N–H and O–H groups in total. The molecule has 0 unspecified atom stereocenters. The predicted molar refractivity (Wildman–Crippen MR) is 97.8 cm³/mol. The molecule has 0 saturated carbocycles. The lowest BCUT2D eigenvalue weighted by Crippen LogP contribution is -2.03. The largest absolute Gasteiger partial charge is 0.495 e. The number of nitrogens with one attached hydrogen (secondary N) is 2. The first-order valence-corrected chi connectivity index (χ1v) is 7.80. The van der Waals surface area contributed by atoms with Crippen LogP contribution < -0.4 is 15.4 Å². The zero-order valence-corrected chi connectivity index (χ0v) is 14.1. The monoisotopic (exact) mass is 340 g/mol. The second-order valence-electron chi connectivity index (χ2n) is 5.18. The Balaban J connectivity index is 1.88. The number of para-hydroxylation sites is 1. The van der Waals surface area contributed by atoms with Gasteiger partial charge in [0.2, 0.25) is 5.95 Å². The molecule has 6 heteroatoms. The standard InChI is InChI=1S/C18H17ClN4O/c1-12-10-17(21-14-6-4-3-5-7-14)23-18(20-12)22-15-11-13(19)8-9-16(15)24-2/h3-11H,1-2H3,(H2,20,21,22,23). The summed E-state index contributed by atoms with van der Waals surface area (Å²) in [6.45, 7) is 1.91. The number of benzene rings is 2. The van der Waals surface area contributed by atoms with Crippen LogP contribution in [0.15, 0.2) is 54.6 Å². The number of nitrogens with zero attached hydrogens (tertiary/aromatic N) is 2. The SMILES string of the molecule is COc1ccc(Cl)cc1Nc1nc(C)cc(Nc2ccccc2)n1. The van der Waals surface area contributed by atoms with Gasteiger partial charge in [-0.05, 0) is 37.3 Å². The van der Waals surface area contributed by atoms with E-state index < -0.39 is 0 Å². The topological polar surface area (TPSA) is 59.1 Å². The molecule has 122 valence electrons. The van der Waals surface area contributed by atoms with Gasteiger partial charge >= 0.3 is 0 Å². The molecular formula is C18H17ClN4O. The van der Waals surface area contributed by atoms with Crippen molar-refractivity contribution in [2.24, 2.45) is 0 Å². The fourth-order valence-electron chi connectivity index (χ4n) is 2.26. The van der Waals surface area contributed by atoms with Crippen LogP contribution in [-0.2, 0) is 0 Å². The van der Waals surface area contributed by atoms with Crippen molar-refractivity contribution < 1.29 is 4.74 Å². The maximum atomic E-state index is 6.06. The first-order chi connectivity index (χ1) is 11.6. The molecule has 0 spiro atoms. The zero-order valence-electron chi connectivity index (χ0n) is 13.4. The maximum absolute atomic E-state index is 6.06. The number of hydrogen-bond donors (Lipinski definition) is 2. The molecule has 0 saturated heterocycles. The molecule has 0 aliphatic heterocycles. The van der Waals surface area contributed by atoms with E-state index >= 15 is 0 Å².